The number of benzene rings is 1. The molecule has 1 fully saturated rings. The van der Waals surface area contributed by atoms with E-state index in [1.807, 2.05) is 24.3 Å². The van der Waals surface area contributed by atoms with Crippen LogP contribution in [0.2, 0.25) is 0 Å². The molecule has 0 radical (unpaired) electrons. The summed E-state index contributed by atoms with van der Waals surface area (Å²) in [5, 5.41) is 2.74. The van der Waals surface area contributed by atoms with E-state index in [0.717, 1.165) is 5.56 Å². The molecule has 0 saturated carbocycles. The SMILES string of the molecule is COc1ccccc1CC(NC(C)=O)C(=O)N1CCN(C(C)=O)CC1. The molecule has 1 aliphatic heterocycles. The predicted molar refractivity (Wildman–Crippen MR) is 93.1 cm³/mol. The van der Waals surface area contributed by atoms with Crippen LogP contribution in [0.4, 0.5) is 0 Å². The van der Waals surface area contributed by atoms with Gasteiger partial charge in [-0.1, -0.05) is 18.2 Å². The molecule has 1 saturated heterocycles. The Balaban J connectivity index is 2.10. The maximum atomic E-state index is 12.9. The molecule has 1 atom stereocenters. The first-order valence-electron chi connectivity index (χ1n) is 8.35. The van der Waals surface area contributed by atoms with E-state index in [0.29, 0.717) is 38.3 Å². The third-order valence-corrected chi connectivity index (χ3v) is 4.33. The summed E-state index contributed by atoms with van der Waals surface area (Å²) in [7, 11) is 1.58. The van der Waals surface area contributed by atoms with Crippen molar-refractivity contribution in [3.8, 4) is 5.75 Å². The van der Waals surface area contributed by atoms with Gasteiger partial charge >= 0.3 is 0 Å². The first-order valence-corrected chi connectivity index (χ1v) is 8.35. The highest BCUT2D eigenvalue weighted by Crippen LogP contribution is 2.20. The van der Waals surface area contributed by atoms with Gasteiger partial charge in [-0.3, -0.25) is 14.4 Å². The van der Waals surface area contributed by atoms with Crippen LogP contribution in [0.5, 0.6) is 5.75 Å². The van der Waals surface area contributed by atoms with Gasteiger partial charge in [-0.2, -0.15) is 0 Å². The number of ether oxygens (including phenoxy) is 1. The number of nitrogens with one attached hydrogen (secondary N) is 1. The van der Waals surface area contributed by atoms with Crippen LogP contribution in [0.3, 0.4) is 0 Å². The van der Waals surface area contributed by atoms with Gasteiger partial charge in [0.1, 0.15) is 11.8 Å². The maximum absolute atomic E-state index is 12.9. The Morgan fingerprint density at radius 1 is 1.08 bits per heavy atom. The summed E-state index contributed by atoms with van der Waals surface area (Å²) >= 11 is 0. The highest BCUT2D eigenvalue weighted by molar-refractivity contribution is 5.87. The largest absolute Gasteiger partial charge is 0.496 e. The molecule has 136 valence electrons. The van der Waals surface area contributed by atoms with E-state index in [4.69, 9.17) is 4.74 Å². The molecule has 2 rings (SSSR count). The van der Waals surface area contributed by atoms with Gasteiger partial charge in [0.2, 0.25) is 17.7 Å². The van der Waals surface area contributed by atoms with Crippen molar-refractivity contribution < 1.29 is 19.1 Å². The Morgan fingerprint density at radius 3 is 2.24 bits per heavy atom. The number of amides is 3. The number of para-hydroxylation sites is 1. The summed E-state index contributed by atoms with van der Waals surface area (Å²) in [6, 6.07) is 6.79. The van der Waals surface area contributed by atoms with E-state index in [1.54, 1.807) is 16.9 Å². The lowest BCUT2D eigenvalue weighted by Gasteiger charge is -2.36. The molecule has 3 amide bonds. The molecule has 1 aromatic rings. The zero-order chi connectivity index (χ0) is 18.4. The lowest BCUT2D eigenvalue weighted by atomic mass is 10.0. The second kappa shape index (κ2) is 8.50. The molecule has 1 aromatic carbocycles. The number of carbonyl (C=O) groups excluding carboxylic acids is 3. The van der Waals surface area contributed by atoms with Gasteiger partial charge in [-0.05, 0) is 11.6 Å². The Hall–Kier alpha value is -2.57. The second-order valence-electron chi connectivity index (χ2n) is 6.10. The molecule has 1 aliphatic rings. The number of hydrogen-bond acceptors (Lipinski definition) is 4. The number of carbonyl (C=O) groups is 3. The van der Waals surface area contributed by atoms with Crippen molar-refractivity contribution in [1.29, 1.82) is 0 Å². The Kier molecular flexibility index (Phi) is 6.38. The van der Waals surface area contributed by atoms with Crippen molar-refractivity contribution in [2.24, 2.45) is 0 Å². The lowest BCUT2D eigenvalue weighted by molar-refractivity contribution is -0.141. The zero-order valence-corrected chi connectivity index (χ0v) is 14.9. The molecule has 0 bridgehead atoms. The van der Waals surface area contributed by atoms with Crippen molar-refractivity contribution in [2.45, 2.75) is 26.3 Å². The van der Waals surface area contributed by atoms with E-state index in [9.17, 15) is 14.4 Å². The standard InChI is InChI=1S/C18H25N3O4/c1-13(22)19-16(12-15-6-4-5-7-17(15)25-3)18(24)21-10-8-20(9-11-21)14(2)23/h4-7,16H,8-12H2,1-3H3,(H,19,22). The number of nitrogens with zero attached hydrogens (tertiary/aromatic N) is 2. The Labute approximate surface area is 147 Å². The van der Waals surface area contributed by atoms with Crippen LogP contribution in [-0.2, 0) is 20.8 Å². The van der Waals surface area contributed by atoms with E-state index < -0.39 is 6.04 Å². The monoisotopic (exact) mass is 347 g/mol. The smallest absolute Gasteiger partial charge is 0.245 e. The van der Waals surface area contributed by atoms with Crippen LogP contribution < -0.4 is 10.1 Å². The number of hydrogen-bond donors (Lipinski definition) is 1. The van der Waals surface area contributed by atoms with Crippen molar-refractivity contribution in [1.82, 2.24) is 15.1 Å². The van der Waals surface area contributed by atoms with E-state index in [-0.39, 0.29) is 17.7 Å². The fraction of sp³-hybridized carbons (Fsp3) is 0.500. The van der Waals surface area contributed by atoms with Crippen LogP contribution in [0.15, 0.2) is 24.3 Å². The summed E-state index contributed by atoms with van der Waals surface area (Å²) < 4.78 is 5.34. The minimum absolute atomic E-state index is 0.0135. The molecule has 0 spiro atoms. The third-order valence-electron chi connectivity index (χ3n) is 4.33. The molecule has 0 aliphatic carbocycles. The van der Waals surface area contributed by atoms with Crippen LogP contribution in [0.25, 0.3) is 0 Å². The van der Waals surface area contributed by atoms with Crippen molar-refractivity contribution in [3.63, 3.8) is 0 Å². The average Bonchev–Trinajstić information content (AvgIpc) is 2.60. The van der Waals surface area contributed by atoms with Crippen LogP contribution >= 0.6 is 0 Å². The summed E-state index contributed by atoms with van der Waals surface area (Å²) in [4.78, 5) is 39.3. The summed E-state index contributed by atoms with van der Waals surface area (Å²) in [6.45, 7) is 4.90. The van der Waals surface area contributed by atoms with Crippen LogP contribution in [0, 0.1) is 0 Å². The molecule has 25 heavy (non-hydrogen) atoms. The Morgan fingerprint density at radius 2 is 1.68 bits per heavy atom. The van der Waals surface area contributed by atoms with Crippen LogP contribution in [-0.4, -0.2) is 66.9 Å². The second-order valence-corrected chi connectivity index (χ2v) is 6.10. The van der Waals surface area contributed by atoms with Gasteiger partial charge in [0, 0.05) is 46.4 Å². The summed E-state index contributed by atoms with van der Waals surface area (Å²) in [5.41, 5.74) is 0.861. The zero-order valence-electron chi connectivity index (χ0n) is 14.9. The predicted octanol–water partition coefficient (Wildman–Crippen LogP) is 0.433. The molecule has 1 N–H and O–H groups in total. The fourth-order valence-electron chi connectivity index (χ4n) is 3.00. The van der Waals surface area contributed by atoms with Crippen LogP contribution in [0.1, 0.15) is 19.4 Å². The van der Waals surface area contributed by atoms with E-state index in [2.05, 4.69) is 5.32 Å². The van der Waals surface area contributed by atoms with Gasteiger partial charge in [0.25, 0.3) is 0 Å². The highest BCUT2D eigenvalue weighted by Gasteiger charge is 2.29. The number of rotatable bonds is 5. The average molecular weight is 347 g/mol. The van der Waals surface area contributed by atoms with Gasteiger partial charge in [0.05, 0.1) is 7.11 Å². The fourth-order valence-corrected chi connectivity index (χ4v) is 3.00. The van der Waals surface area contributed by atoms with Crippen molar-refractivity contribution in [2.75, 3.05) is 33.3 Å². The highest BCUT2D eigenvalue weighted by atomic mass is 16.5. The van der Waals surface area contributed by atoms with Gasteiger partial charge in [-0.25, -0.2) is 0 Å². The van der Waals surface area contributed by atoms with E-state index >= 15 is 0 Å². The van der Waals surface area contributed by atoms with Gasteiger partial charge in [-0.15, -0.1) is 0 Å². The molecule has 1 unspecified atom stereocenters. The molecule has 1 heterocycles. The van der Waals surface area contributed by atoms with Crippen molar-refractivity contribution in [3.05, 3.63) is 29.8 Å². The first-order chi connectivity index (χ1) is 11.9. The van der Waals surface area contributed by atoms with Crippen molar-refractivity contribution >= 4 is 17.7 Å². The molecule has 7 nitrogen and oxygen atoms in total. The maximum Gasteiger partial charge on any atom is 0.245 e. The first kappa shape index (κ1) is 18.8. The third kappa shape index (κ3) is 4.95. The summed E-state index contributed by atoms with van der Waals surface area (Å²) in [6.07, 6.45) is 0.356. The topological polar surface area (TPSA) is 79.0 Å². The van der Waals surface area contributed by atoms with Gasteiger partial charge < -0.3 is 19.9 Å². The minimum atomic E-state index is -0.655. The van der Waals surface area contributed by atoms with Gasteiger partial charge in [0.15, 0.2) is 0 Å². The van der Waals surface area contributed by atoms with E-state index in [1.165, 1.54) is 13.8 Å². The lowest BCUT2D eigenvalue weighted by Crippen LogP contribution is -2.56. The molecular formula is C18H25N3O4. The quantitative estimate of drug-likeness (QED) is 0.838. The number of piperazine rings is 1. The minimum Gasteiger partial charge on any atom is -0.496 e. The molecule has 7 heteroatoms. The Bertz CT molecular complexity index is 639. The molecule has 0 aromatic heterocycles. The molecular weight excluding hydrogens is 322 g/mol. The normalized spacial score (nSPS) is 15.5. The number of methoxy groups -OCH3 is 1. The summed E-state index contributed by atoms with van der Waals surface area (Å²) in [5.74, 6) is 0.312.